The molecule has 0 fully saturated rings. The van der Waals surface area contributed by atoms with E-state index in [2.05, 4.69) is 10.1 Å². The van der Waals surface area contributed by atoms with Crippen LogP contribution in [0.4, 0.5) is 0 Å². The van der Waals surface area contributed by atoms with Gasteiger partial charge in [0, 0.05) is 10.4 Å². The number of rotatable bonds is 7. The molecule has 5 aromatic rings. The zero-order valence-corrected chi connectivity index (χ0v) is 20.8. The Kier molecular flexibility index (Phi) is 6.74. The van der Waals surface area contributed by atoms with E-state index in [1.165, 1.54) is 4.68 Å². The first-order chi connectivity index (χ1) is 17.9. The third kappa shape index (κ3) is 5.10. The van der Waals surface area contributed by atoms with Crippen molar-refractivity contribution in [1.82, 2.24) is 9.66 Å². The van der Waals surface area contributed by atoms with Crippen molar-refractivity contribution in [2.24, 2.45) is 5.10 Å². The van der Waals surface area contributed by atoms with Crippen LogP contribution in [-0.4, -0.2) is 34.6 Å². The molecule has 186 valence electrons. The van der Waals surface area contributed by atoms with Gasteiger partial charge in [0.05, 0.1) is 23.7 Å². The number of fused-ring (bicyclic) bond motifs is 2. The lowest BCUT2D eigenvalue weighted by Crippen LogP contribution is -2.26. The molecule has 9 heteroatoms. The van der Waals surface area contributed by atoms with Crippen LogP contribution in [0.5, 0.6) is 5.75 Å². The monoisotopic (exact) mass is 515 g/mol. The summed E-state index contributed by atoms with van der Waals surface area (Å²) in [6.45, 7) is 3.65. The summed E-state index contributed by atoms with van der Waals surface area (Å²) in [6.07, 6.45) is 0.808. The van der Waals surface area contributed by atoms with Crippen LogP contribution in [-0.2, 0) is 9.53 Å². The minimum atomic E-state index is -0.733. The zero-order chi connectivity index (χ0) is 25.9. The first kappa shape index (κ1) is 24.3. The normalized spacial score (nSPS) is 12.3. The molecule has 2 aromatic heterocycles. The number of nitrogens with zero attached hydrogens (tertiary/aromatic N) is 3. The molecule has 0 spiro atoms. The van der Waals surface area contributed by atoms with E-state index in [-0.39, 0.29) is 18.0 Å². The molecule has 3 aromatic carbocycles. The van der Waals surface area contributed by atoms with Crippen molar-refractivity contribution in [2.45, 2.75) is 20.0 Å². The fraction of sp³-hybridized carbons (Fsp3) is 0.143. The summed E-state index contributed by atoms with van der Waals surface area (Å²) in [5.41, 5.74) is 1.52. The van der Waals surface area contributed by atoms with Gasteiger partial charge in [-0.1, -0.05) is 23.7 Å². The van der Waals surface area contributed by atoms with Crippen molar-refractivity contribution in [3.63, 3.8) is 0 Å². The van der Waals surface area contributed by atoms with E-state index in [1.54, 1.807) is 86.8 Å². The molecule has 5 rings (SSSR count). The van der Waals surface area contributed by atoms with Crippen LogP contribution >= 0.6 is 11.6 Å². The van der Waals surface area contributed by atoms with Gasteiger partial charge in [0.1, 0.15) is 11.3 Å². The second-order valence-corrected chi connectivity index (χ2v) is 8.62. The molecule has 0 aliphatic heterocycles. The highest BCUT2D eigenvalue weighted by atomic mass is 35.5. The van der Waals surface area contributed by atoms with Gasteiger partial charge in [-0.3, -0.25) is 4.79 Å². The number of ether oxygens (including phenoxy) is 2. The predicted molar refractivity (Wildman–Crippen MR) is 142 cm³/mol. The SMILES string of the molecule is CCOC(=O)[C@@H](C)Oc1ccc(C=Nn2c(-c3cc4cc(Cl)ccc4o3)nc3ccccc3c2=O)cc1. The van der Waals surface area contributed by atoms with Gasteiger partial charge in [0.25, 0.3) is 5.56 Å². The second-order valence-electron chi connectivity index (χ2n) is 8.19. The Hall–Kier alpha value is -4.43. The lowest BCUT2D eigenvalue weighted by atomic mass is 10.2. The van der Waals surface area contributed by atoms with Crippen LogP contribution in [0.15, 0.2) is 87.1 Å². The standard InChI is InChI=1S/C28H22ClN3O5/c1-3-35-28(34)17(2)36-21-11-8-18(9-12-21)16-30-32-26(31-23-7-5-4-6-22(23)27(32)33)25-15-19-14-20(29)10-13-24(19)37-25/h4-17H,3H2,1-2H3/t17-/m1/s1. The molecule has 0 radical (unpaired) electrons. The average Bonchev–Trinajstić information content (AvgIpc) is 3.32. The van der Waals surface area contributed by atoms with Gasteiger partial charge in [-0.25, -0.2) is 9.78 Å². The molecule has 0 aliphatic carbocycles. The molecular weight excluding hydrogens is 494 g/mol. The zero-order valence-electron chi connectivity index (χ0n) is 20.1. The van der Waals surface area contributed by atoms with Crippen LogP contribution in [0.2, 0.25) is 5.02 Å². The number of furan rings is 1. The first-order valence-corrected chi connectivity index (χ1v) is 12.0. The summed E-state index contributed by atoms with van der Waals surface area (Å²) in [5, 5.41) is 6.24. The lowest BCUT2D eigenvalue weighted by molar-refractivity contribution is -0.150. The predicted octanol–water partition coefficient (Wildman–Crippen LogP) is 5.68. The maximum atomic E-state index is 13.4. The quantitative estimate of drug-likeness (QED) is 0.204. The summed E-state index contributed by atoms with van der Waals surface area (Å²) in [6, 6.07) is 21.1. The molecule has 0 bridgehead atoms. The molecular formula is C28H22ClN3O5. The van der Waals surface area contributed by atoms with Crippen molar-refractivity contribution in [3.8, 4) is 17.3 Å². The minimum absolute atomic E-state index is 0.260. The van der Waals surface area contributed by atoms with Crippen molar-refractivity contribution in [2.75, 3.05) is 6.61 Å². The smallest absolute Gasteiger partial charge is 0.347 e. The number of para-hydroxylation sites is 1. The summed E-state index contributed by atoms with van der Waals surface area (Å²) in [4.78, 5) is 29.9. The Balaban J connectivity index is 1.50. The number of benzene rings is 3. The van der Waals surface area contributed by atoms with Gasteiger partial charge in [-0.15, -0.1) is 0 Å². The highest BCUT2D eigenvalue weighted by Crippen LogP contribution is 2.29. The van der Waals surface area contributed by atoms with Gasteiger partial charge in [0.15, 0.2) is 11.9 Å². The molecule has 2 heterocycles. The molecule has 0 N–H and O–H groups in total. The third-order valence-electron chi connectivity index (χ3n) is 5.59. The van der Waals surface area contributed by atoms with E-state index in [1.807, 2.05) is 6.07 Å². The molecule has 1 atom stereocenters. The number of aromatic nitrogens is 2. The van der Waals surface area contributed by atoms with Crippen LogP contribution < -0.4 is 10.3 Å². The van der Waals surface area contributed by atoms with E-state index in [0.29, 0.717) is 38.6 Å². The molecule has 0 unspecified atom stereocenters. The van der Waals surface area contributed by atoms with Crippen molar-refractivity contribution in [1.29, 1.82) is 0 Å². The van der Waals surface area contributed by atoms with Gasteiger partial charge >= 0.3 is 5.97 Å². The van der Waals surface area contributed by atoms with Crippen molar-refractivity contribution >= 4 is 45.7 Å². The summed E-state index contributed by atoms with van der Waals surface area (Å²) in [5.74, 6) is 0.713. The molecule has 0 saturated carbocycles. The Bertz CT molecular complexity index is 1690. The summed E-state index contributed by atoms with van der Waals surface area (Å²) < 4.78 is 17.8. The van der Waals surface area contributed by atoms with E-state index >= 15 is 0 Å². The number of esters is 1. The second kappa shape index (κ2) is 10.3. The van der Waals surface area contributed by atoms with E-state index < -0.39 is 12.1 Å². The number of halogens is 1. The van der Waals surface area contributed by atoms with Crippen LogP contribution in [0.25, 0.3) is 33.5 Å². The summed E-state index contributed by atoms with van der Waals surface area (Å²) in [7, 11) is 0. The Morgan fingerprint density at radius 3 is 2.70 bits per heavy atom. The fourth-order valence-corrected chi connectivity index (χ4v) is 3.96. The summed E-state index contributed by atoms with van der Waals surface area (Å²) >= 11 is 6.13. The van der Waals surface area contributed by atoms with Gasteiger partial charge in [-0.05, 0) is 80.1 Å². The topological polar surface area (TPSA) is 95.9 Å². The van der Waals surface area contributed by atoms with Crippen LogP contribution in [0.3, 0.4) is 0 Å². The van der Waals surface area contributed by atoms with E-state index in [4.69, 9.17) is 25.5 Å². The van der Waals surface area contributed by atoms with Crippen LogP contribution in [0.1, 0.15) is 19.4 Å². The molecule has 37 heavy (non-hydrogen) atoms. The van der Waals surface area contributed by atoms with Gasteiger partial charge < -0.3 is 13.9 Å². The minimum Gasteiger partial charge on any atom is -0.479 e. The highest BCUT2D eigenvalue weighted by molar-refractivity contribution is 6.31. The number of hydrogen-bond acceptors (Lipinski definition) is 7. The number of carbonyl (C=O) groups is 1. The molecule has 0 amide bonds. The fourth-order valence-electron chi connectivity index (χ4n) is 3.78. The molecule has 8 nitrogen and oxygen atoms in total. The van der Waals surface area contributed by atoms with E-state index in [0.717, 1.165) is 5.39 Å². The first-order valence-electron chi connectivity index (χ1n) is 11.6. The van der Waals surface area contributed by atoms with Crippen molar-refractivity contribution < 1.29 is 18.7 Å². The van der Waals surface area contributed by atoms with E-state index in [9.17, 15) is 9.59 Å². The Morgan fingerprint density at radius 2 is 1.92 bits per heavy atom. The lowest BCUT2D eigenvalue weighted by Gasteiger charge is -2.13. The van der Waals surface area contributed by atoms with Gasteiger partial charge in [-0.2, -0.15) is 9.78 Å². The van der Waals surface area contributed by atoms with Gasteiger partial charge in [0.2, 0.25) is 5.82 Å². The maximum absolute atomic E-state index is 13.4. The molecule has 0 aliphatic rings. The van der Waals surface area contributed by atoms with Crippen molar-refractivity contribution in [3.05, 3.63) is 93.7 Å². The Labute approximate surface area is 216 Å². The maximum Gasteiger partial charge on any atom is 0.347 e. The number of hydrogen-bond donors (Lipinski definition) is 0. The molecule has 0 saturated heterocycles. The highest BCUT2D eigenvalue weighted by Gasteiger charge is 2.17. The average molecular weight is 516 g/mol. The van der Waals surface area contributed by atoms with Crippen LogP contribution in [0, 0.1) is 0 Å². The number of carbonyl (C=O) groups excluding carboxylic acids is 1. The largest absolute Gasteiger partial charge is 0.479 e. The Morgan fingerprint density at radius 1 is 1.14 bits per heavy atom. The third-order valence-corrected chi connectivity index (χ3v) is 5.82.